The molecule has 2 aromatic rings. The van der Waals surface area contributed by atoms with Crippen LogP contribution in [-0.4, -0.2) is 24.7 Å². The Hall–Kier alpha value is -1.94. The number of halogens is 1. The van der Waals surface area contributed by atoms with Crippen LogP contribution >= 0.6 is 0 Å². The van der Waals surface area contributed by atoms with Gasteiger partial charge in [0.1, 0.15) is 11.9 Å². The summed E-state index contributed by atoms with van der Waals surface area (Å²) >= 11 is 0. The van der Waals surface area contributed by atoms with Gasteiger partial charge in [0, 0.05) is 25.0 Å². The Balaban J connectivity index is 1.76. The summed E-state index contributed by atoms with van der Waals surface area (Å²) < 4.78 is 18.8. The normalized spacial score (nSPS) is 19.1. The molecule has 0 N–H and O–H groups in total. The van der Waals surface area contributed by atoms with E-state index >= 15 is 0 Å². The minimum absolute atomic E-state index is 0.0330. The summed E-state index contributed by atoms with van der Waals surface area (Å²) in [6, 6.07) is 10.6. The fourth-order valence-corrected chi connectivity index (χ4v) is 2.38. The molecule has 0 amide bonds. The molecule has 3 nitrogen and oxygen atoms in total. The van der Waals surface area contributed by atoms with Crippen molar-refractivity contribution in [1.82, 2.24) is 4.98 Å². The molecule has 1 aromatic carbocycles. The van der Waals surface area contributed by atoms with Crippen molar-refractivity contribution in [2.45, 2.75) is 13.0 Å². The highest BCUT2D eigenvalue weighted by Crippen LogP contribution is 2.25. The second-order valence-electron chi connectivity index (χ2n) is 5.04. The summed E-state index contributed by atoms with van der Waals surface area (Å²) in [5, 5.41) is 0. The van der Waals surface area contributed by atoms with E-state index in [4.69, 9.17) is 4.74 Å². The highest BCUT2D eigenvalue weighted by Gasteiger charge is 2.23. The van der Waals surface area contributed by atoms with Gasteiger partial charge in [-0.05, 0) is 42.8 Å². The van der Waals surface area contributed by atoms with E-state index in [-0.39, 0.29) is 11.9 Å². The van der Waals surface area contributed by atoms with Gasteiger partial charge in [-0.1, -0.05) is 6.07 Å². The lowest BCUT2D eigenvalue weighted by Crippen LogP contribution is -2.38. The summed E-state index contributed by atoms with van der Waals surface area (Å²) in [6.45, 7) is 4.22. The highest BCUT2D eigenvalue weighted by molar-refractivity contribution is 5.47. The van der Waals surface area contributed by atoms with Crippen LogP contribution in [0.4, 0.5) is 10.1 Å². The largest absolute Gasteiger partial charge is 0.368 e. The zero-order chi connectivity index (χ0) is 13.9. The van der Waals surface area contributed by atoms with Crippen LogP contribution in [0.2, 0.25) is 0 Å². The number of anilines is 1. The Morgan fingerprint density at radius 1 is 1.20 bits per heavy atom. The molecule has 1 saturated heterocycles. The van der Waals surface area contributed by atoms with Gasteiger partial charge < -0.3 is 9.64 Å². The standard InChI is InChI=1S/C16H17FN2O/c1-12-2-7-15(18-10-12)16-11-19(8-9-20-16)14-5-3-13(17)4-6-14/h2-7,10,16H,8-9,11H2,1H3/t16-/m1/s1. The van der Waals surface area contributed by atoms with E-state index < -0.39 is 0 Å². The van der Waals surface area contributed by atoms with Crippen molar-refractivity contribution >= 4 is 5.69 Å². The minimum Gasteiger partial charge on any atom is -0.368 e. The number of hydrogen-bond donors (Lipinski definition) is 0. The molecule has 0 bridgehead atoms. The second-order valence-corrected chi connectivity index (χ2v) is 5.04. The molecule has 0 radical (unpaired) electrons. The van der Waals surface area contributed by atoms with Crippen LogP contribution in [0.15, 0.2) is 42.6 Å². The molecule has 3 rings (SSSR count). The summed E-state index contributed by atoms with van der Waals surface area (Å²) in [5.41, 5.74) is 3.11. The van der Waals surface area contributed by atoms with Gasteiger partial charge in [-0.2, -0.15) is 0 Å². The second kappa shape index (κ2) is 5.59. The van der Waals surface area contributed by atoms with E-state index in [2.05, 4.69) is 9.88 Å². The lowest BCUT2D eigenvalue weighted by molar-refractivity contribution is 0.0370. The van der Waals surface area contributed by atoms with E-state index in [0.29, 0.717) is 6.61 Å². The van der Waals surface area contributed by atoms with Crippen LogP contribution in [0.1, 0.15) is 17.4 Å². The van der Waals surface area contributed by atoms with Crippen molar-refractivity contribution in [3.05, 3.63) is 59.7 Å². The van der Waals surface area contributed by atoms with E-state index in [1.54, 1.807) is 12.1 Å². The average Bonchev–Trinajstić information content (AvgIpc) is 2.49. The number of ether oxygens (including phenoxy) is 1. The van der Waals surface area contributed by atoms with Crippen LogP contribution in [0.3, 0.4) is 0 Å². The van der Waals surface area contributed by atoms with E-state index in [9.17, 15) is 4.39 Å². The molecule has 0 saturated carbocycles. The summed E-state index contributed by atoms with van der Waals surface area (Å²) in [7, 11) is 0. The molecule has 1 fully saturated rings. The van der Waals surface area contributed by atoms with Gasteiger partial charge in [0.2, 0.25) is 0 Å². The molecule has 1 aromatic heterocycles. The first-order valence-electron chi connectivity index (χ1n) is 6.77. The predicted molar refractivity (Wildman–Crippen MR) is 76.3 cm³/mol. The SMILES string of the molecule is Cc1ccc([C@H]2CN(c3ccc(F)cc3)CCO2)nc1. The minimum atomic E-state index is -0.209. The molecule has 0 aliphatic carbocycles. The molecule has 1 aliphatic rings. The van der Waals surface area contributed by atoms with Gasteiger partial charge >= 0.3 is 0 Å². The molecular formula is C16H17FN2O. The number of hydrogen-bond acceptors (Lipinski definition) is 3. The van der Waals surface area contributed by atoms with Crippen molar-refractivity contribution in [2.75, 3.05) is 24.6 Å². The Bertz CT molecular complexity index is 517. The van der Waals surface area contributed by atoms with Gasteiger partial charge in [-0.25, -0.2) is 4.39 Å². The lowest BCUT2D eigenvalue weighted by atomic mass is 10.1. The van der Waals surface area contributed by atoms with Crippen molar-refractivity contribution < 1.29 is 9.13 Å². The number of rotatable bonds is 2. The molecule has 0 spiro atoms. The van der Waals surface area contributed by atoms with Crippen LogP contribution in [0.5, 0.6) is 0 Å². The molecule has 2 heterocycles. The molecule has 0 unspecified atom stereocenters. The average molecular weight is 272 g/mol. The Kier molecular flexibility index (Phi) is 3.65. The maximum Gasteiger partial charge on any atom is 0.123 e. The number of benzene rings is 1. The van der Waals surface area contributed by atoms with Gasteiger partial charge in [0.25, 0.3) is 0 Å². The van der Waals surface area contributed by atoms with Gasteiger partial charge in [0.15, 0.2) is 0 Å². The van der Waals surface area contributed by atoms with E-state index in [0.717, 1.165) is 30.0 Å². The zero-order valence-electron chi connectivity index (χ0n) is 11.4. The quantitative estimate of drug-likeness (QED) is 0.840. The molecule has 104 valence electrons. The Labute approximate surface area is 118 Å². The monoisotopic (exact) mass is 272 g/mol. The first kappa shape index (κ1) is 13.1. The van der Waals surface area contributed by atoms with Crippen molar-refractivity contribution in [2.24, 2.45) is 0 Å². The van der Waals surface area contributed by atoms with E-state index in [1.165, 1.54) is 12.1 Å². The number of morpholine rings is 1. The number of aryl methyl sites for hydroxylation is 1. The smallest absolute Gasteiger partial charge is 0.123 e. The number of aromatic nitrogens is 1. The molecule has 20 heavy (non-hydrogen) atoms. The van der Waals surface area contributed by atoms with Crippen molar-refractivity contribution in [3.63, 3.8) is 0 Å². The zero-order valence-corrected chi connectivity index (χ0v) is 11.4. The molecule has 1 atom stereocenters. The maximum atomic E-state index is 13.0. The Morgan fingerprint density at radius 3 is 2.70 bits per heavy atom. The first-order chi connectivity index (χ1) is 9.72. The van der Waals surface area contributed by atoms with Crippen molar-refractivity contribution in [1.29, 1.82) is 0 Å². The molecular weight excluding hydrogens is 255 g/mol. The topological polar surface area (TPSA) is 25.4 Å². The maximum absolute atomic E-state index is 13.0. The number of pyridine rings is 1. The predicted octanol–water partition coefficient (Wildman–Crippen LogP) is 3.11. The van der Waals surface area contributed by atoms with Crippen molar-refractivity contribution in [3.8, 4) is 0 Å². The fourth-order valence-electron chi connectivity index (χ4n) is 2.38. The third kappa shape index (κ3) is 2.80. The number of nitrogens with zero attached hydrogens (tertiary/aromatic N) is 2. The van der Waals surface area contributed by atoms with E-state index in [1.807, 2.05) is 25.3 Å². The van der Waals surface area contributed by atoms with Gasteiger partial charge in [-0.3, -0.25) is 4.98 Å². The lowest BCUT2D eigenvalue weighted by Gasteiger charge is -2.34. The van der Waals surface area contributed by atoms with Crippen LogP contribution < -0.4 is 4.90 Å². The molecule has 1 aliphatic heterocycles. The first-order valence-corrected chi connectivity index (χ1v) is 6.77. The highest BCUT2D eigenvalue weighted by atomic mass is 19.1. The fraction of sp³-hybridized carbons (Fsp3) is 0.312. The van der Waals surface area contributed by atoms with Crippen LogP contribution in [0.25, 0.3) is 0 Å². The van der Waals surface area contributed by atoms with Crippen LogP contribution in [-0.2, 0) is 4.74 Å². The third-order valence-electron chi connectivity index (χ3n) is 3.52. The van der Waals surface area contributed by atoms with Gasteiger partial charge in [0.05, 0.1) is 12.3 Å². The summed E-state index contributed by atoms with van der Waals surface area (Å²) in [6.07, 6.45) is 1.82. The van der Waals surface area contributed by atoms with Gasteiger partial charge in [-0.15, -0.1) is 0 Å². The summed E-state index contributed by atoms with van der Waals surface area (Å²) in [5.74, 6) is -0.209. The molecule has 4 heteroatoms. The summed E-state index contributed by atoms with van der Waals surface area (Å²) in [4.78, 5) is 6.64. The van der Waals surface area contributed by atoms with Crippen LogP contribution in [0, 0.1) is 12.7 Å². The Morgan fingerprint density at radius 2 is 2.00 bits per heavy atom. The third-order valence-corrected chi connectivity index (χ3v) is 3.52.